The van der Waals surface area contributed by atoms with E-state index in [1.165, 1.54) is 41.8 Å². The van der Waals surface area contributed by atoms with Crippen LogP contribution in [0.4, 0.5) is 41.1 Å². The van der Waals surface area contributed by atoms with Crippen LogP contribution in [0.3, 0.4) is 0 Å². The number of hydrogen-bond donors (Lipinski definition) is 4. The number of β-amino-alcohol motifs (C(OH)–C–C–N with tert-alkyl or cyclic N) is 2. The highest BCUT2D eigenvalue weighted by molar-refractivity contribution is 5.92. The van der Waals surface area contributed by atoms with Crippen LogP contribution in [0.1, 0.15) is 26.7 Å². The molecule has 2 aromatic rings. The molecular weight excluding hydrogens is 700 g/mol. The Bertz CT molecular complexity index is 1760. The van der Waals surface area contributed by atoms with Crippen LogP contribution in [-0.4, -0.2) is 130 Å². The number of ether oxygens (including phenoxy) is 2. The van der Waals surface area contributed by atoms with Gasteiger partial charge in [-0.25, -0.2) is 18.4 Å². The van der Waals surface area contributed by atoms with Crippen LogP contribution in [0, 0.1) is 11.6 Å². The monoisotopic (exact) mass is 743 g/mol. The molecule has 2 aromatic carbocycles. The van der Waals surface area contributed by atoms with Crippen molar-refractivity contribution >= 4 is 58.2 Å². The summed E-state index contributed by atoms with van der Waals surface area (Å²) in [5.41, 5.74) is 2.08. The number of carbonyl (C=O) groups excluding carboxylic acids is 5. The summed E-state index contributed by atoms with van der Waals surface area (Å²) in [6.07, 6.45) is -3.27. The molecule has 0 saturated carbocycles. The Morgan fingerprint density at radius 1 is 0.755 bits per heavy atom. The highest BCUT2D eigenvalue weighted by atomic mass is 19.1. The molecule has 0 unspecified atom stereocenters. The molecule has 0 spiro atoms. The van der Waals surface area contributed by atoms with Gasteiger partial charge in [-0.3, -0.25) is 29.2 Å². The Kier molecular flexibility index (Phi) is 12.5. The van der Waals surface area contributed by atoms with Crippen molar-refractivity contribution in [2.24, 2.45) is 4.99 Å². The van der Waals surface area contributed by atoms with Gasteiger partial charge in [0.2, 0.25) is 11.8 Å². The second-order valence-corrected chi connectivity index (χ2v) is 13.0. The fraction of sp³-hybridized carbons (Fsp3) is 0.486. The molecule has 4 aliphatic rings. The molecule has 4 atom stereocenters. The highest BCUT2D eigenvalue weighted by Gasteiger charge is 2.35. The first-order valence-electron chi connectivity index (χ1n) is 17.1. The molecule has 0 bridgehead atoms. The smallest absolute Gasteiger partial charge is 0.414 e. The van der Waals surface area contributed by atoms with E-state index in [-0.39, 0.29) is 69.0 Å². The van der Waals surface area contributed by atoms with Crippen LogP contribution in [0.15, 0.2) is 41.4 Å². The third-order valence-electron chi connectivity index (χ3n) is 9.17. The van der Waals surface area contributed by atoms with Gasteiger partial charge in [-0.2, -0.15) is 0 Å². The Morgan fingerprint density at radius 2 is 1.21 bits per heavy atom. The summed E-state index contributed by atoms with van der Waals surface area (Å²) in [7, 11) is 1.64. The Labute approximate surface area is 304 Å². The van der Waals surface area contributed by atoms with Crippen molar-refractivity contribution < 1.29 is 52.4 Å². The molecule has 4 N–H and O–H groups in total. The van der Waals surface area contributed by atoms with Crippen molar-refractivity contribution in [1.29, 1.82) is 0 Å². The number of amides is 4. The number of hydrogen-bond acceptors (Lipinski definition) is 12. The van der Waals surface area contributed by atoms with Crippen molar-refractivity contribution in [2.45, 2.75) is 51.1 Å². The van der Waals surface area contributed by atoms with Crippen molar-refractivity contribution in [3.05, 3.63) is 48.0 Å². The molecule has 0 aliphatic carbocycles. The number of rotatable bonds is 8. The van der Waals surface area contributed by atoms with Crippen LogP contribution < -0.4 is 30.2 Å². The zero-order valence-corrected chi connectivity index (χ0v) is 29.6. The molecule has 4 heterocycles. The molecule has 16 nitrogen and oxygen atoms in total. The van der Waals surface area contributed by atoms with Gasteiger partial charge in [0.1, 0.15) is 36.1 Å². The normalized spacial score (nSPS) is 23.8. The number of nitrogens with zero attached hydrogens (tertiary/aromatic N) is 5. The number of carbonyl (C=O) groups is 5. The van der Waals surface area contributed by atoms with E-state index in [2.05, 4.69) is 15.6 Å². The minimum Gasteiger partial charge on any atom is -0.442 e. The van der Waals surface area contributed by atoms with Gasteiger partial charge >= 0.3 is 12.2 Å². The maximum Gasteiger partial charge on any atom is 0.414 e. The maximum atomic E-state index is 14.7. The van der Waals surface area contributed by atoms with E-state index in [1.54, 1.807) is 35.0 Å². The van der Waals surface area contributed by atoms with Crippen LogP contribution in [-0.2, 0) is 23.9 Å². The van der Waals surface area contributed by atoms with Gasteiger partial charge in [0.25, 0.3) is 0 Å². The summed E-state index contributed by atoms with van der Waals surface area (Å²) in [4.78, 5) is 67.4. The standard InChI is InChI=1S/C18H23FN4O4.C17H20FN3O5/c1-11(24)21-8-13-9-23(18(26)27-13)12-3-4-16(14(19)7-12)22-6-5-15(20-2)17(25)10-22;1-10(22)19-7-12-8-21(17(25)26-12)11-2-3-14(13(18)6-11)20-5-4-15(23)16(24)9-20/h3-4,7,13,17,25H,5-6,8-10H2,1-2H3,(H,21,24);2-3,6,12,16,24H,4-5,7-9H2,1H3,(H,19,22)/t13-,17-;12-,16-/m00/s1. The number of Topliss-reactive ketones (excluding diaryl/α,β-unsaturated/α-hetero) is 1. The average molecular weight is 744 g/mol. The SMILES string of the molecule is CC(=O)NC[C@H]1CN(c2ccc(N3CCC(=O)[C@@H](O)C3)c(F)c2)C(=O)O1.CN=C1CCN(c2ccc(N3C[C@H](CNC(C)=O)OC3=O)cc2F)C[C@@H]1O. The van der Waals surface area contributed by atoms with E-state index >= 15 is 0 Å². The quantitative estimate of drug-likeness (QED) is 0.305. The number of piperidine rings is 2. The fourth-order valence-corrected chi connectivity index (χ4v) is 6.37. The lowest BCUT2D eigenvalue weighted by Gasteiger charge is -2.33. The van der Waals surface area contributed by atoms with E-state index in [9.17, 15) is 43.0 Å². The number of halogens is 2. The van der Waals surface area contributed by atoms with Crippen molar-refractivity contribution in [3.8, 4) is 0 Å². The van der Waals surface area contributed by atoms with Crippen molar-refractivity contribution in [2.75, 3.05) is 79.0 Å². The van der Waals surface area contributed by atoms with Crippen LogP contribution in [0.25, 0.3) is 0 Å². The van der Waals surface area contributed by atoms with Crippen molar-refractivity contribution in [3.63, 3.8) is 0 Å². The first-order chi connectivity index (χ1) is 25.2. The Morgan fingerprint density at radius 3 is 1.60 bits per heavy atom. The largest absolute Gasteiger partial charge is 0.442 e. The summed E-state index contributed by atoms with van der Waals surface area (Å²) in [6, 6.07) is 8.86. The number of aliphatic imine (C=N–C) groups is 1. The van der Waals surface area contributed by atoms with Crippen LogP contribution in [0.2, 0.25) is 0 Å². The lowest BCUT2D eigenvalue weighted by atomic mass is 10.0. The van der Waals surface area contributed by atoms with E-state index < -0.39 is 48.2 Å². The lowest BCUT2D eigenvalue weighted by molar-refractivity contribution is -0.127. The molecule has 0 radical (unpaired) electrons. The topological polar surface area (TPSA) is 194 Å². The number of cyclic esters (lactones) is 2. The molecule has 53 heavy (non-hydrogen) atoms. The minimum atomic E-state index is -1.12. The minimum absolute atomic E-state index is 0.0413. The second-order valence-electron chi connectivity index (χ2n) is 13.0. The molecule has 18 heteroatoms. The number of aliphatic hydroxyl groups is 2. The Balaban J connectivity index is 0.000000204. The number of nitrogens with one attached hydrogen (secondary N) is 2. The van der Waals surface area contributed by atoms with Crippen LogP contribution >= 0.6 is 0 Å². The predicted molar refractivity (Wildman–Crippen MR) is 189 cm³/mol. The molecular formula is C35H43F2N7O9. The fourth-order valence-electron chi connectivity index (χ4n) is 6.37. The van der Waals surface area contributed by atoms with Gasteiger partial charge in [-0.15, -0.1) is 0 Å². The summed E-state index contributed by atoms with van der Waals surface area (Å²) < 4.78 is 39.6. The number of anilines is 4. The second kappa shape index (κ2) is 17.0. The number of aliphatic hydroxyl groups excluding tert-OH is 2. The summed E-state index contributed by atoms with van der Waals surface area (Å²) in [6.45, 7) is 4.80. The van der Waals surface area contributed by atoms with Gasteiger partial charge in [-0.05, 0) is 36.4 Å². The van der Waals surface area contributed by atoms with Gasteiger partial charge in [-0.1, -0.05) is 0 Å². The van der Waals surface area contributed by atoms with Gasteiger partial charge in [0.15, 0.2) is 5.78 Å². The van der Waals surface area contributed by atoms with E-state index in [4.69, 9.17) is 9.47 Å². The van der Waals surface area contributed by atoms with Crippen molar-refractivity contribution in [1.82, 2.24) is 10.6 Å². The first kappa shape index (κ1) is 38.9. The molecule has 0 aromatic heterocycles. The van der Waals surface area contributed by atoms with Gasteiger partial charge in [0.05, 0.1) is 55.5 Å². The van der Waals surface area contributed by atoms with Gasteiger partial charge in [0, 0.05) is 59.1 Å². The first-order valence-corrected chi connectivity index (χ1v) is 17.1. The van der Waals surface area contributed by atoms with Gasteiger partial charge < -0.3 is 40.1 Å². The van der Waals surface area contributed by atoms with E-state index in [0.29, 0.717) is 42.3 Å². The molecule has 4 aliphatic heterocycles. The lowest BCUT2D eigenvalue weighted by Crippen LogP contribution is -2.44. The maximum absolute atomic E-state index is 14.7. The molecule has 4 fully saturated rings. The average Bonchev–Trinajstić information content (AvgIpc) is 3.69. The molecule has 286 valence electrons. The zero-order chi connectivity index (χ0) is 38.4. The highest BCUT2D eigenvalue weighted by Crippen LogP contribution is 2.31. The number of benzene rings is 2. The summed E-state index contributed by atoms with van der Waals surface area (Å²) >= 11 is 0. The van der Waals surface area contributed by atoms with E-state index in [1.807, 2.05) is 0 Å². The van der Waals surface area contributed by atoms with Crippen LogP contribution in [0.5, 0.6) is 0 Å². The van der Waals surface area contributed by atoms with E-state index in [0.717, 1.165) is 0 Å². The summed E-state index contributed by atoms with van der Waals surface area (Å²) in [5, 5.41) is 24.9. The Hall–Kier alpha value is -5.36. The zero-order valence-electron chi connectivity index (χ0n) is 29.6. The summed E-state index contributed by atoms with van der Waals surface area (Å²) in [5.74, 6) is -1.71. The predicted octanol–water partition coefficient (Wildman–Crippen LogP) is 1.36. The number of ketones is 1. The molecule has 4 saturated heterocycles. The third kappa shape index (κ3) is 9.55. The molecule has 4 amide bonds. The molecule has 6 rings (SSSR count). The third-order valence-corrected chi connectivity index (χ3v) is 9.17.